The van der Waals surface area contributed by atoms with Gasteiger partial charge in [0.1, 0.15) is 0 Å². The SMILES string of the molecule is Nc1ccc2c(c1)[nH]c(=O)c1nc(-c3ccccc3)nn12. The van der Waals surface area contributed by atoms with Crippen LogP contribution in [0.3, 0.4) is 0 Å². The maximum Gasteiger partial charge on any atom is 0.293 e. The fourth-order valence-electron chi connectivity index (χ4n) is 2.35. The number of H-pyrrole nitrogens is 1. The summed E-state index contributed by atoms with van der Waals surface area (Å²) in [6, 6.07) is 14.8. The summed E-state index contributed by atoms with van der Waals surface area (Å²) in [7, 11) is 0. The van der Waals surface area contributed by atoms with Crippen molar-refractivity contribution in [2.45, 2.75) is 0 Å². The van der Waals surface area contributed by atoms with E-state index in [1.165, 1.54) is 0 Å². The average Bonchev–Trinajstić information content (AvgIpc) is 2.94. The van der Waals surface area contributed by atoms with Gasteiger partial charge in [0, 0.05) is 11.3 Å². The summed E-state index contributed by atoms with van der Waals surface area (Å²) >= 11 is 0. The van der Waals surface area contributed by atoms with Crippen molar-refractivity contribution >= 4 is 22.4 Å². The molecule has 0 saturated carbocycles. The number of hydrogen-bond donors (Lipinski definition) is 2. The average molecular weight is 277 g/mol. The molecule has 0 spiro atoms. The molecule has 0 aliphatic carbocycles. The number of nitrogens with zero attached hydrogens (tertiary/aromatic N) is 3. The number of nitrogens with two attached hydrogens (primary N) is 1. The van der Waals surface area contributed by atoms with E-state index in [1.54, 1.807) is 16.6 Å². The van der Waals surface area contributed by atoms with Crippen molar-refractivity contribution in [1.82, 2.24) is 19.6 Å². The van der Waals surface area contributed by atoms with E-state index in [9.17, 15) is 4.79 Å². The third-order valence-corrected chi connectivity index (χ3v) is 3.34. The van der Waals surface area contributed by atoms with Crippen LogP contribution >= 0.6 is 0 Å². The Morgan fingerprint density at radius 1 is 1.10 bits per heavy atom. The first-order chi connectivity index (χ1) is 10.2. The smallest absolute Gasteiger partial charge is 0.293 e. The number of anilines is 1. The highest BCUT2D eigenvalue weighted by Crippen LogP contribution is 2.18. The van der Waals surface area contributed by atoms with Gasteiger partial charge in [0.05, 0.1) is 11.0 Å². The zero-order valence-corrected chi connectivity index (χ0v) is 10.9. The lowest BCUT2D eigenvalue weighted by atomic mass is 10.2. The Bertz CT molecular complexity index is 1020. The minimum Gasteiger partial charge on any atom is -0.399 e. The molecule has 3 N–H and O–H groups in total. The monoisotopic (exact) mass is 277 g/mol. The number of hydrogen-bond acceptors (Lipinski definition) is 4. The Morgan fingerprint density at radius 2 is 1.90 bits per heavy atom. The largest absolute Gasteiger partial charge is 0.399 e. The van der Waals surface area contributed by atoms with E-state index in [0.717, 1.165) is 11.1 Å². The number of aromatic amines is 1. The van der Waals surface area contributed by atoms with Crippen molar-refractivity contribution in [1.29, 1.82) is 0 Å². The van der Waals surface area contributed by atoms with E-state index in [1.807, 2.05) is 36.4 Å². The number of nitrogens with one attached hydrogen (secondary N) is 1. The summed E-state index contributed by atoms with van der Waals surface area (Å²) in [6.45, 7) is 0. The fourth-order valence-corrected chi connectivity index (χ4v) is 2.35. The third kappa shape index (κ3) is 1.77. The van der Waals surface area contributed by atoms with Gasteiger partial charge >= 0.3 is 0 Å². The molecule has 4 aromatic rings. The molecule has 4 rings (SSSR count). The molecule has 0 unspecified atom stereocenters. The van der Waals surface area contributed by atoms with Crippen LogP contribution in [0, 0.1) is 0 Å². The molecule has 2 heterocycles. The minimum absolute atomic E-state index is 0.270. The van der Waals surface area contributed by atoms with Crippen molar-refractivity contribution in [3.05, 3.63) is 58.9 Å². The van der Waals surface area contributed by atoms with Crippen LogP contribution in [0.4, 0.5) is 5.69 Å². The number of aromatic nitrogens is 4. The summed E-state index contributed by atoms with van der Waals surface area (Å²) in [4.78, 5) is 19.2. The molecular formula is C15H11N5O. The van der Waals surface area contributed by atoms with Crippen LogP contribution in [0.2, 0.25) is 0 Å². The van der Waals surface area contributed by atoms with Gasteiger partial charge in [0.15, 0.2) is 5.82 Å². The van der Waals surface area contributed by atoms with Gasteiger partial charge in [-0.05, 0) is 18.2 Å². The predicted molar refractivity (Wildman–Crippen MR) is 81.0 cm³/mol. The lowest BCUT2D eigenvalue weighted by molar-refractivity contribution is 0.991. The van der Waals surface area contributed by atoms with Crippen LogP contribution in [0.1, 0.15) is 0 Å². The highest BCUT2D eigenvalue weighted by molar-refractivity contribution is 5.80. The van der Waals surface area contributed by atoms with Crippen molar-refractivity contribution < 1.29 is 0 Å². The lowest BCUT2D eigenvalue weighted by Crippen LogP contribution is -2.11. The van der Waals surface area contributed by atoms with Crippen LogP contribution in [0.15, 0.2) is 53.3 Å². The summed E-state index contributed by atoms with van der Waals surface area (Å²) in [5, 5.41) is 4.45. The van der Waals surface area contributed by atoms with Crippen molar-refractivity contribution in [3.63, 3.8) is 0 Å². The van der Waals surface area contributed by atoms with Gasteiger partial charge in [-0.1, -0.05) is 30.3 Å². The quantitative estimate of drug-likeness (QED) is 0.519. The summed E-state index contributed by atoms with van der Waals surface area (Å²) < 4.78 is 1.55. The first-order valence-electron chi connectivity index (χ1n) is 6.46. The second-order valence-corrected chi connectivity index (χ2v) is 4.77. The van der Waals surface area contributed by atoms with Gasteiger partial charge in [0.2, 0.25) is 5.65 Å². The van der Waals surface area contributed by atoms with Crippen molar-refractivity contribution in [2.75, 3.05) is 5.73 Å². The number of fused-ring (bicyclic) bond motifs is 3. The summed E-state index contributed by atoms with van der Waals surface area (Å²) in [6.07, 6.45) is 0. The van der Waals surface area contributed by atoms with E-state index in [4.69, 9.17) is 5.73 Å². The Kier molecular flexibility index (Phi) is 2.32. The van der Waals surface area contributed by atoms with Crippen molar-refractivity contribution in [2.24, 2.45) is 0 Å². The standard InChI is InChI=1S/C15H11N5O/c16-10-6-7-12-11(8-10)17-15(21)14-18-13(19-20(12)14)9-4-2-1-3-5-9/h1-8H,16H2,(H,17,21). The molecule has 0 radical (unpaired) electrons. The van der Waals surface area contributed by atoms with Crippen LogP contribution in [-0.2, 0) is 0 Å². The summed E-state index contributed by atoms with van der Waals surface area (Å²) in [5.41, 5.74) is 8.57. The van der Waals surface area contributed by atoms with Gasteiger partial charge < -0.3 is 10.7 Å². The zero-order chi connectivity index (χ0) is 14.4. The molecule has 0 bridgehead atoms. The highest BCUT2D eigenvalue weighted by Gasteiger charge is 2.12. The molecule has 6 heteroatoms. The molecule has 21 heavy (non-hydrogen) atoms. The molecule has 2 aromatic carbocycles. The van der Waals surface area contributed by atoms with E-state index in [2.05, 4.69) is 15.1 Å². The van der Waals surface area contributed by atoms with Gasteiger partial charge in [-0.25, -0.2) is 9.50 Å². The second-order valence-electron chi connectivity index (χ2n) is 4.77. The van der Waals surface area contributed by atoms with Crippen LogP contribution in [-0.4, -0.2) is 19.6 Å². The number of rotatable bonds is 1. The molecule has 0 fully saturated rings. The second kappa shape index (κ2) is 4.17. The van der Waals surface area contributed by atoms with E-state index < -0.39 is 0 Å². The molecule has 0 aliphatic heterocycles. The summed E-state index contributed by atoms with van der Waals surface area (Å²) in [5.74, 6) is 0.519. The fraction of sp³-hybridized carbons (Fsp3) is 0. The highest BCUT2D eigenvalue weighted by atomic mass is 16.1. The van der Waals surface area contributed by atoms with E-state index in [-0.39, 0.29) is 11.2 Å². The van der Waals surface area contributed by atoms with Crippen LogP contribution in [0.25, 0.3) is 28.1 Å². The van der Waals surface area contributed by atoms with E-state index in [0.29, 0.717) is 17.0 Å². The first kappa shape index (κ1) is 11.7. The Morgan fingerprint density at radius 3 is 2.71 bits per heavy atom. The topological polar surface area (TPSA) is 89.1 Å². The van der Waals surface area contributed by atoms with E-state index >= 15 is 0 Å². The molecule has 102 valence electrons. The van der Waals surface area contributed by atoms with Gasteiger partial charge in [-0.2, -0.15) is 0 Å². The Hall–Kier alpha value is -3.15. The van der Waals surface area contributed by atoms with Crippen molar-refractivity contribution in [3.8, 4) is 11.4 Å². The molecule has 0 aliphatic rings. The normalized spacial score (nSPS) is 11.2. The Balaban J connectivity index is 2.09. The lowest BCUT2D eigenvalue weighted by Gasteiger charge is -2.00. The number of nitrogen functional groups attached to an aromatic ring is 1. The molecule has 0 saturated heterocycles. The molecule has 0 atom stereocenters. The minimum atomic E-state index is -0.289. The first-order valence-corrected chi connectivity index (χ1v) is 6.46. The molecule has 6 nitrogen and oxygen atoms in total. The maximum absolute atomic E-state index is 12.1. The third-order valence-electron chi connectivity index (χ3n) is 3.34. The Labute approximate surface area is 118 Å². The molecule has 0 amide bonds. The number of benzene rings is 2. The predicted octanol–water partition coefficient (Wildman–Crippen LogP) is 1.82. The zero-order valence-electron chi connectivity index (χ0n) is 10.9. The molecular weight excluding hydrogens is 266 g/mol. The van der Waals surface area contributed by atoms with Crippen LogP contribution < -0.4 is 11.3 Å². The van der Waals surface area contributed by atoms with Crippen LogP contribution in [0.5, 0.6) is 0 Å². The molecule has 2 aromatic heterocycles. The van der Waals surface area contributed by atoms with Gasteiger partial charge in [-0.3, -0.25) is 4.79 Å². The van der Waals surface area contributed by atoms with Gasteiger partial charge in [-0.15, -0.1) is 5.10 Å². The van der Waals surface area contributed by atoms with Gasteiger partial charge in [0.25, 0.3) is 5.56 Å². The maximum atomic E-state index is 12.1.